The van der Waals surface area contributed by atoms with E-state index in [-0.39, 0.29) is 30.1 Å². The van der Waals surface area contributed by atoms with Gasteiger partial charge in [-0.3, -0.25) is 4.79 Å². The summed E-state index contributed by atoms with van der Waals surface area (Å²) in [4.78, 5) is 14.7. The highest BCUT2D eigenvalue weighted by Crippen LogP contribution is 2.32. The van der Waals surface area contributed by atoms with Crippen molar-refractivity contribution in [2.75, 3.05) is 23.3 Å². The van der Waals surface area contributed by atoms with Gasteiger partial charge in [0.05, 0.1) is 22.9 Å². The topological polar surface area (TPSA) is 67.6 Å². The Morgan fingerprint density at radius 1 is 1.20 bits per heavy atom. The molecule has 3 rings (SSSR count). The molecule has 0 aromatic heterocycles. The number of ether oxygens (including phenoxy) is 1. The van der Waals surface area contributed by atoms with Gasteiger partial charge in [-0.2, -0.15) is 0 Å². The molecule has 2 aliphatic rings. The summed E-state index contributed by atoms with van der Waals surface area (Å²) < 4.78 is 5.78. The third-order valence-electron chi connectivity index (χ3n) is 5.12. The number of hydrogen-bond donors (Lipinski definition) is 2. The van der Waals surface area contributed by atoms with Crippen LogP contribution >= 0.6 is 11.6 Å². The molecule has 1 saturated heterocycles. The zero-order chi connectivity index (χ0) is 18.0. The van der Waals surface area contributed by atoms with Gasteiger partial charge >= 0.3 is 0 Å². The number of nitrogens with one attached hydrogen (secondary N) is 1. The summed E-state index contributed by atoms with van der Waals surface area (Å²) in [7, 11) is 0. The summed E-state index contributed by atoms with van der Waals surface area (Å²) in [6.07, 6.45) is 3.93. The number of rotatable bonds is 3. The van der Waals surface area contributed by atoms with Gasteiger partial charge in [0.2, 0.25) is 5.91 Å². The molecule has 1 saturated carbocycles. The molecule has 1 aromatic carbocycles. The van der Waals surface area contributed by atoms with Crippen LogP contribution in [0.15, 0.2) is 18.2 Å². The van der Waals surface area contributed by atoms with Crippen LogP contribution in [-0.2, 0) is 9.53 Å². The molecule has 2 unspecified atom stereocenters. The van der Waals surface area contributed by atoms with Gasteiger partial charge in [-0.25, -0.2) is 0 Å². The minimum Gasteiger partial charge on any atom is -0.372 e. The molecule has 1 amide bonds. The highest BCUT2D eigenvalue weighted by atomic mass is 35.5. The van der Waals surface area contributed by atoms with Gasteiger partial charge in [-0.15, -0.1) is 0 Å². The van der Waals surface area contributed by atoms with Crippen molar-refractivity contribution in [2.24, 2.45) is 11.7 Å². The molecule has 2 fully saturated rings. The third-order valence-corrected chi connectivity index (χ3v) is 5.42. The number of carbonyl (C=O) groups excluding carboxylic acids is 1. The van der Waals surface area contributed by atoms with Gasteiger partial charge in [0.25, 0.3) is 0 Å². The first kappa shape index (κ1) is 18.5. The molecule has 1 aromatic rings. The van der Waals surface area contributed by atoms with Gasteiger partial charge in [-0.05, 0) is 57.7 Å². The van der Waals surface area contributed by atoms with Crippen molar-refractivity contribution in [3.63, 3.8) is 0 Å². The minimum absolute atomic E-state index is 0.0548. The molecule has 6 heteroatoms. The lowest BCUT2D eigenvalue weighted by Gasteiger charge is -2.37. The Kier molecular flexibility index (Phi) is 5.87. The molecule has 0 bridgehead atoms. The van der Waals surface area contributed by atoms with Gasteiger partial charge < -0.3 is 20.7 Å². The second kappa shape index (κ2) is 7.94. The van der Waals surface area contributed by atoms with Crippen LogP contribution in [0, 0.1) is 5.92 Å². The van der Waals surface area contributed by atoms with E-state index in [2.05, 4.69) is 24.1 Å². The number of anilines is 2. The van der Waals surface area contributed by atoms with Gasteiger partial charge in [0, 0.05) is 30.7 Å². The maximum absolute atomic E-state index is 12.4. The van der Waals surface area contributed by atoms with Crippen LogP contribution in [0.5, 0.6) is 0 Å². The molecule has 2 atom stereocenters. The number of halogens is 1. The first-order valence-corrected chi connectivity index (χ1v) is 9.56. The lowest BCUT2D eigenvalue weighted by molar-refractivity contribution is -0.120. The summed E-state index contributed by atoms with van der Waals surface area (Å²) in [5, 5.41) is 3.66. The maximum atomic E-state index is 12.4. The van der Waals surface area contributed by atoms with Crippen molar-refractivity contribution < 1.29 is 9.53 Å². The fraction of sp³-hybridized carbons (Fsp3) is 0.632. The molecule has 138 valence electrons. The summed E-state index contributed by atoms with van der Waals surface area (Å²) in [6.45, 7) is 5.78. The summed E-state index contributed by atoms with van der Waals surface area (Å²) in [5.41, 5.74) is 7.66. The number of morpholine rings is 1. The van der Waals surface area contributed by atoms with Gasteiger partial charge in [0.1, 0.15) is 0 Å². The standard InChI is InChI=1S/C19H28ClN3O2/c1-12-10-23(11-13(2)25-12)18-8-7-16(9-17(18)20)22-19(24)14-3-5-15(21)6-4-14/h7-9,12-15H,3-6,10-11,21H2,1-2H3,(H,22,24). The van der Waals surface area contributed by atoms with Crippen LogP contribution in [-0.4, -0.2) is 37.2 Å². The summed E-state index contributed by atoms with van der Waals surface area (Å²) in [6, 6.07) is 6.00. The Labute approximate surface area is 154 Å². The first-order valence-electron chi connectivity index (χ1n) is 9.18. The van der Waals surface area contributed by atoms with Gasteiger partial charge in [0.15, 0.2) is 0 Å². The van der Waals surface area contributed by atoms with Crippen molar-refractivity contribution >= 4 is 28.9 Å². The van der Waals surface area contributed by atoms with E-state index in [0.29, 0.717) is 5.02 Å². The molecule has 0 spiro atoms. The maximum Gasteiger partial charge on any atom is 0.227 e. The Morgan fingerprint density at radius 3 is 2.44 bits per heavy atom. The number of amides is 1. The number of hydrogen-bond acceptors (Lipinski definition) is 4. The normalized spacial score (nSPS) is 30.2. The quantitative estimate of drug-likeness (QED) is 0.861. The number of nitrogens with two attached hydrogens (primary N) is 1. The molecule has 5 nitrogen and oxygen atoms in total. The molecule has 1 aliphatic heterocycles. The van der Waals surface area contributed by atoms with Crippen molar-refractivity contribution in [2.45, 2.75) is 57.8 Å². The van der Waals surface area contributed by atoms with E-state index in [1.165, 1.54) is 0 Å². The molecule has 1 aliphatic carbocycles. The lowest BCUT2D eigenvalue weighted by Crippen LogP contribution is -2.45. The SMILES string of the molecule is CC1CN(c2ccc(NC(=O)C3CCC(N)CC3)cc2Cl)CC(C)O1. The Bertz CT molecular complexity index is 607. The van der Waals surface area contributed by atoms with Crippen LogP contribution in [0.3, 0.4) is 0 Å². The molecule has 25 heavy (non-hydrogen) atoms. The average Bonchev–Trinajstić information content (AvgIpc) is 2.54. The molecule has 1 heterocycles. The van der Waals surface area contributed by atoms with Crippen LogP contribution in [0.2, 0.25) is 5.02 Å². The lowest BCUT2D eigenvalue weighted by atomic mass is 9.86. The Balaban J connectivity index is 1.64. The van der Waals surface area contributed by atoms with E-state index >= 15 is 0 Å². The second-order valence-corrected chi connectivity index (χ2v) is 7.84. The number of nitrogens with zero attached hydrogens (tertiary/aromatic N) is 1. The molecule has 3 N–H and O–H groups in total. The zero-order valence-electron chi connectivity index (χ0n) is 15.0. The summed E-state index contributed by atoms with van der Waals surface area (Å²) >= 11 is 6.50. The highest BCUT2D eigenvalue weighted by Gasteiger charge is 2.26. The third kappa shape index (κ3) is 4.66. The molecule has 0 radical (unpaired) electrons. The van der Waals surface area contributed by atoms with Crippen molar-refractivity contribution in [1.29, 1.82) is 0 Å². The van der Waals surface area contributed by atoms with Crippen LogP contribution < -0.4 is 16.0 Å². The zero-order valence-corrected chi connectivity index (χ0v) is 15.8. The van der Waals surface area contributed by atoms with Gasteiger partial charge in [-0.1, -0.05) is 11.6 Å². The van der Waals surface area contributed by atoms with E-state index in [9.17, 15) is 4.79 Å². The van der Waals surface area contributed by atoms with E-state index < -0.39 is 0 Å². The van der Waals surface area contributed by atoms with Crippen LogP contribution in [0.25, 0.3) is 0 Å². The predicted molar refractivity (Wildman–Crippen MR) is 102 cm³/mol. The van der Waals surface area contributed by atoms with Crippen molar-refractivity contribution in [3.8, 4) is 0 Å². The van der Waals surface area contributed by atoms with E-state index in [4.69, 9.17) is 22.1 Å². The summed E-state index contributed by atoms with van der Waals surface area (Å²) in [5.74, 6) is 0.128. The Morgan fingerprint density at radius 2 is 1.84 bits per heavy atom. The monoisotopic (exact) mass is 365 g/mol. The predicted octanol–water partition coefficient (Wildman–Crippen LogP) is 3.41. The van der Waals surface area contributed by atoms with Crippen LogP contribution in [0.4, 0.5) is 11.4 Å². The van der Waals surface area contributed by atoms with E-state index in [1.807, 2.05) is 18.2 Å². The fourth-order valence-electron chi connectivity index (χ4n) is 3.84. The highest BCUT2D eigenvalue weighted by molar-refractivity contribution is 6.33. The Hall–Kier alpha value is -1.30. The second-order valence-electron chi connectivity index (χ2n) is 7.43. The van der Waals surface area contributed by atoms with Crippen LogP contribution in [0.1, 0.15) is 39.5 Å². The molecular weight excluding hydrogens is 338 g/mol. The number of carbonyl (C=O) groups is 1. The average molecular weight is 366 g/mol. The van der Waals surface area contributed by atoms with Crippen molar-refractivity contribution in [1.82, 2.24) is 0 Å². The minimum atomic E-state index is 0.0548. The number of benzene rings is 1. The fourth-order valence-corrected chi connectivity index (χ4v) is 4.14. The first-order chi connectivity index (χ1) is 11.9. The van der Waals surface area contributed by atoms with E-state index in [1.54, 1.807) is 0 Å². The van der Waals surface area contributed by atoms with E-state index in [0.717, 1.165) is 50.1 Å². The smallest absolute Gasteiger partial charge is 0.227 e. The molecular formula is C19H28ClN3O2. The largest absolute Gasteiger partial charge is 0.372 e. The van der Waals surface area contributed by atoms with Crippen molar-refractivity contribution in [3.05, 3.63) is 23.2 Å².